The Bertz CT molecular complexity index is 318. The summed E-state index contributed by atoms with van der Waals surface area (Å²) in [5.74, 6) is 0.506. The smallest absolute Gasteiger partial charge is 0.240 e. The highest BCUT2D eigenvalue weighted by molar-refractivity contribution is 9.10. The summed E-state index contributed by atoms with van der Waals surface area (Å²) < 4.78 is 0. The molecule has 0 saturated heterocycles. The summed E-state index contributed by atoms with van der Waals surface area (Å²) in [4.78, 5) is 13.3. The van der Waals surface area contributed by atoms with Crippen molar-refractivity contribution in [2.45, 2.75) is 11.2 Å². The fourth-order valence-electron chi connectivity index (χ4n) is 1.21. The highest BCUT2D eigenvalue weighted by atomic mass is 79.9. The number of carbonyl (C=O) groups excluding carboxylic acids is 1. The second kappa shape index (κ2) is 6.13. The molecule has 0 radical (unpaired) electrons. The molecule has 4 heteroatoms. The predicted octanol–water partition coefficient (Wildman–Crippen LogP) is 3.04. The van der Waals surface area contributed by atoms with Gasteiger partial charge in [-0.3, -0.25) is 4.79 Å². The maximum atomic E-state index is 11.9. The number of hydrogen-bond donors (Lipinski definition) is 0. The summed E-state index contributed by atoms with van der Waals surface area (Å²) >= 11 is 8.92. The van der Waals surface area contributed by atoms with Crippen LogP contribution in [-0.2, 0) is 4.79 Å². The zero-order chi connectivity index (χ0) is 11.3. The summed E-state index contributed by atoms with van der Waals surface area (Å²) in [6.07, 6.45) is 0.636. The van der Waals surface area contributed by atoms with E-state index in [1.54, 1.807) is 11.9 Å². The minimum atomic E-state index is -0.208. The van der Waals surface area contributed by atoms with E-state index in [1.165, 1.54) is 0 Å². The summed E-state index contributed by atoms with van der Waals surface area (Å²) in [5, 5.41) is 0. The quantitative estimate of drug-likeness (QED) is 0.781. The van der Waals surface area contributed by atoms with Gasteiger partial charge in [-0.05, 0) is 18.6 Å². The van der Waals surface area contributed by atoms with Crippen molar-refractivity contribution in [3.63, 3.8) is 0 Å². The van der Waals surface area contributed by atoms with Gasteiger partial charge in [0.15, 0.2) is 0 Å². The van der Waals surface area contributed by atoms with Crippen LogP contribution in [0, 0.1) is 0 Å². The molecule has 1 amide bonds. The largest absolute Gasteiger partial charge is 0.315 e. The van der Waals surface area contributed by atoms with Crippen LogP contribution in [0.15, 0.2) is 30.3 Å². The molecule has 82 valence electrons. The number of benzene rings is 1. The lowest BCUT2D eigenvalue weighted by Crippen LogP contribution is -2.33. The van der Waals surface area contributed by atoms with Gasteiger partial charge in [0.25, 0.3) is 0 Å². The molecule has 0 aromatic heterocycles. The minimum Gasteiger partial charge on any atom is -0.315 e. The molecule has 0 N–H and O–H groups in total. The molecule has 0 heterocycles. The van der Waals surface area contributed by atoms with Crippen LogP contribution in [0.4, 0.5) is 5.69 Å². The van der Waals surface area contributed by atoms with Gasteiger partial charge >= 0.3 is 0 Å². The van der Waals surface area contributed by atoms with Crippen LogP contribution in [0.5, 0.6) is 0 Å². The molecule has 2 nitrogen and oxygen atoms in total. The molecule has 0 aliphatic rings. The van der Waals surface area contributed by atoms with E-state index in [2.05, 4.69) is 15.9 Å². The number of alkyl halides is 2. The maximum absolute atomic E-state index is 11.9. The molecular formula is C11H13BrClNO. The van der Waals surface area contributed by atoms with Crippen LogP contribution in [0.1, 0.15) is 6.42 Å². The molecule has 0 saturated carbocycles. The monoisotopic (exact) mass is 289 g/mol. The average Bonchev–Trinajstić information content (AvgIpc) is 2.28. The van der Waals surface area contributed by atoms with Crippen LogP contribution in [0.25, 0.3) is 0 Å². The number of hydrogen-bond acceptors (Lipinski definition) is 1. The first-order valence-corrected chi connectivity index (χ1v) is 6.14. The topological polar surface area (TPSA) is 20.3 Å². The van der Waals surface area contributed by atoms with E-state index in [9.17, 15) is 4.79 Å². The number of carbonyl (C=O) groups is 1. The molecule has 0 spiro atoms. The molecule has 1 atom stereocenters. The first kappa shape index (κ1) is 12.5. The molecule has 15 heavy (non-hydrogen) atoms. The Morgan fingerprint density at radius 2 is 2.07 bits per heavy atom. The summed E-state index contributed by atoms with van der Waals surface area (Å²) in [5.41, 5.74) is 0.890. The van der Waals surface area contributed by atoms with Crippen LogP contribution in [-0.4, -0.2) is 23.7 Å². The molecule has 1 aromatic rings. The number of nitrogens with zero attached hydrogens (tertiary/aromatic N) is 1. The second-order valence-corrected chi connectivity index (χ2v) is 4.66. The van der Waals surface area contributed by atoms with Crippen LogP contribution in [0.3, 0.4) is 0 Å². The standard InChI is InChI=1S/C11H13BrClNO/c1-14(9-5-3-2-4-6-9)11(15)10(12)7-8-13/h2-6,10H,7-8H2,1H3. The summed E-state index contributed by atoms with van der Waals surface area (Å²) in [6, 6.07) is 9.54. The fraction of sp³-hybridized carbons (Fsp3) is 0.364. The van der Waals surface area contributed by atoms with Crippen LogP contribution in [0.2, 0.25) is 0 Å². The van der Waals surface area contributed by atoms with Gasteiger partial charge in [-0.1, -0.05) is 34.1 Å². The van der Waals surface area contributed by atoms with Crippen molar-refractivity contribution in [2.75, 3.05) is 17.8 Å². The molecular weight excluding hydrogens is 277 g/mol. The number of para-hydroxylation sites is 1. The van der Waals surface area contributed by atoms with Crippen molar-refractivity contribution >= 4 is 39.1 Å². The van der Waals surface area contributed by atoms with Gasteiger partial charge in [0, 0.05) is 18.6 Å². The van der Waals surface area contributed by atoms with Gasteiger partial charge in [0.2, 0.25) is 5.91 Å². The number of rotatable bonds is 4. The summed E-state index contributed by atoms with van der Waals surface area (Å²) in [7, 11) is 1.76. The minimum absolute atomic E-state index is 0.0295. The van der Waals surface area contributed by atoms with E-state index >= 15 is 0 Å². The molecule has 0 bridgehead atoms. The maximum Gasteiger partial charge on any atom is 0.240 e. The van der Waals surface area contributed by atoms with Gasteiger partial charge < -0.3 is 4.90 Å². The third-order valence-corrected chi connectivity index (χ3v) is 3.17. The Morgan fingerprint density at radius 3 is 2.60 bits per heavy atom. The average molecular weight is 291 g/mol. The Balaban J connectivity index is 2.69. The Labute approximate surface area is 103 Å². The van der Waals surface area contributed by atoms with Crippen molar-refractivity contribution in [1.29, 1.82) is 0 Å². The predicted molar refractivity (Wildman–Crippen MR) is 67.9 cm³/mol. The zero-order valence-corrected chi connectivity index (χ0v) is 10.8. The van der Waals surface area contributed by atoms with E-state index in [-0.39, 0.29) is 10.7 Å². The third kappa shape index (κ3) is 3.50. The lowest BCUT2D eigenvalue weighted by Gasteiger charge is -2.20. The highest BCUT2D eigenvalue weighted by Gasteiger charge is 2.19. The van der Waals surface area contributed by atoms with Gasteiger partial charge in [0.1, 0.15) is 0 Å². The van der Waals surface area contributed by atoms with Crippen molar-refractivity contribution < 1.29 is 4.79 Å². The Morgan fingerprint density at radius 1 is 1.47 bits per heavy atom. The van der Waals surface area contributed by atoms with E-state index in [0.717, 1.165) is 5.69 Å². The zero-order valence-electron chi connectivity index (χ0n) is 8.49. The van der Waals surface area contributed by atoms with Crippen molar-refractivity contribution in [2.24, 2.45) is 0 Å². The SMILES string of the molecule is CN(C(=O)C(Br)CCCl)c1ccccc1. The van der Waals surface area contributed by atoms with E-state index in [4.69, 9.17) is 11.6 Å². The van der Waals surface area contributed by atoms with Gasteiger partial charge in [-0.25, -0.2) is 0 Å². The number of amides is 1. The van der Waals surface area contributed by atoms with E-state index < -0.39 is 0 Å². The normalized spacial score (nSPS) is 12.2. The lowest BCUT2D eigenvalue weighted by atomic mass is 10.2. The van der Waals surface area contributed by atoms with Gasteiger partial charge in [0.05, 0.1) is 4.83 Å². The molecule has 0 aliphatic heterocycles. The van der Waals surface area contributed by atoms with Gasteiger partial charge in [-0.15, -0.1) is 11.6 Å². The molecule has 1 unspecified atom stereocenters. The Hall–Kier alpha value is -0.540. The molecule has 0 fully saturated rings. The van der Waals surface area contributed by atoms with Crippen molar-refractivity contribution in [1.82, 2.24) is 0 Å². The van der Waals surface area contributed by atoms with Crippen LogP contribution >= 0.6 is 27.5 Å². The first-order chi connectivity index (χ1) is 7.16. The van der Waals surface area contributed by atoms with E-state index in [1.807, 2.05) is 30.3 Å². The molecule has 0 aliphatic carbocycles. The first-order valence-electron chi connectivity index (χ1n) is 4.69. The lowest BCUT2D eigenvalue weighted by molar-refractivity contribution is -0.117. The van der Waals surface area contributed by atoms with Crippen molar-refractivity contribution in [3.05, 3.63) is 30.3 Å². The molecule has 1 rings (SSSR count). The van der Waals surface area contributed by atoms with E-state index in [0.29, 0.717) is 12.3 Å². The van der Waals surface area contributed by atoms with Crippen LogP contribution < -0.4 is 4.90 Å². The summed E-state index contributed by atoms with van der Waals surface area (Å²) in [6.45, 7) is 0. The molecule has 1 aromatic carbocycles. The Kier molecular flexibility index (Phi) is 5.12. The third-order valence-electron chi connectivity index (χ3n) is 2.10. The van der Waals surface area contributed by atoms with Crippen molar-refractivity contribution in [3.8, 4) is 0 Å². The number of anilines is 1. The number of halogens is 2. The second-order valence-electron chi connectivity index (χ2n) is 3.18. The highest BCUT2D eigenvalue weighted by Crippen LogP contribution is 2.16. The fourth-order valence-corrected chi connectivity index (χ4v) is 2.23. The van der Waals surface area contributed by atoms with Gasteiger partial charge in [-0.2, -0.15) is 0 Å².